The van der Waals surface area contributed by atoms with Crippen LogP contribution in [-0.4, -0.2) is 25.5 Å². The molecule has 1 N–H and O–H groups in total. The molecule has 1 aliphatic rings. The summed E-state index contributed by atoms with van der Waals surface area (Å²) in [5, 5.41) is 3.19. The van der Waals surface area contributed by atoms with E-state index < -0.39 is 9.84 Å². The highest BCUT2D eigenvalue weighted by atomic mass is 32.2. The number of rotatable bonds is 3. The summed E-state index contributed by atoms with van der Waals surface area (Å²) in [5.74, 6) is 0.269. The van der Waals surface area contributed by atoms with Gasteiger partial charge in [-0.2, -0.15) is 0 Å². The van der Waals surface area contributed by atoms with E-state index in [4.69, 9.17) is 0 Å². The minimum atomic E-state index is -2.99. The molecular weight excluding hydrogens is 246 g/mol. The molecule has 0 aliphatic carbocycles. The van der Waals surface area contributed by atoms with E-state index in [0.29, 0.717) is 6.42 Å². The minimum absolute atomic E-state index is 0.0695. The van der Waals surface area contributed by atoms with Gasteiger partial charge in [-0.25, -0.2) is 8.42 Å². The van der Waals surface area contributed by atoms with Crippen LogP contribution in [0.15, 0.2) is 30.3 Å². The SMILES string of the molecule is CCC1CS(=O)(=O)C(CC)C(c2ccccc2)N1. The lowest BCUT2D eigenvalue weighted by Gasteiger charge is -2.37. The van der Waals surface area contributed by atoms with Gasteiger partial charge in [-0.05, 0) is 18.4 Å². The van der Waals surface area contributed by atoms with Gasteiger partial charge in [-0.1, -0.05) is 44.2 Å². The fraction of sp³-hybridized carbons (Fsp3) is 0.571. The maximum absolute atomic E-state index is 12.3. The molecule has 0 saturated carbocycles. The molecule has 1 saturated heterocycles. The third-order valence-corrected chi connectivity index (χ3v) is 6.13. The van der Waals surface area contributed by atoms with Gasteiger partial charge >= 0.3 is 0 Å². The molecule has 1 aromatic carbocycles. The first-order valence-corrected chi connectivity index (χ1v) is 8.32. The Morgan fingerprint density at radius 3 is 2.39 bits per heavy atom. The van der Waals surface area contributed by atoms with E-state index in [2.05, 4.69) is 5.32 Å². The van der Waals surface area contributed by atoms with Gasteiger partial charge in [0.1, 0.15) is 0 Å². The molecule has 18 heavy (non-hydrogen) atoms. The Labute approximate surface area is 110 Å². The molecule has 0 aromatic heterocycles. The minimum Gasteiger partial charge on any atom is -0.305 e. The van der Waals surface area contributed by atoms with Crippen molar-refractivity contribution in [2.45, 2.75) is 44.0 Å². The lowest BCUT2D eigenvalue weighted by molar-refractivity contribution is 0.391. The lowest BCUT2D eigenvalue weighted by atomic mass is 10.00. The average molecular weight is 267 g/mol. The molecule has 4 heteroatoms. The van der Waals surface area contributed by atoms with Crippen LogP contribution in [0, 0.1) is 0 Å². The Bertz CT molecular complexity index is 484. The molecule has 1 aliphatic heterocycles. The molecule has 0 radical (unpaired) electrons. The maximum Gasteiger partial charge on any atom is 0.156 e. The van der Waals surface area contributed by atoms with E-state index in [9.17, 15) is 8.42 Å². The van der Waals surface area contributed by atoms with Gasteiger partial charge in [0.05, 0.1) is 11.0 Å². The van der Waals surface area contributed by atoms with E-state index in [1.54, 1.807) is 0 Å². The summed E-state index contributed by atoms with van der Waals surface area (Å²) < 4.78 is 24.7. The van der Waals surface area contributed by atoms with Gasteiger partial charge in [-0.15, -0.1) is 0 Å². The highest BCUT2D eigenvalue weighted by Crippen LogP contribution is 2.30. The summed E-state index contributed by atoms with van der Waals surface area (Å²) in [6, 6.07) is 9.90. The zero-order chi connectivity index (χ0) is 13.2. The second-order valence-electron chi connectivity index (χ2n) is 4.94. The van der Waals surface area contributed by atoms with Crippen molar-refractivity contribution in [1.82, 2.24) is 5.32 Å². The number of benzene rings is 1. The van der Waals surface area contributed by atoms with Gasteiger partial charge in [0.25, 0.3) is 0 Å². The second kappa shape index (κ2) is 5.41. The van der Waals surface area contributed by atoms with Crippen LogP contribution >= 0.6 is 0 Å². The molecule has 0 spiro atoms. The Morgan fingerprint density at radius 1 is 1.17 bits per heavy atom. The summed E-state index contributed by atoms with van der Waals surface area (Å²) in [6.45, 7) is 3.98. The van der Waals surface area contributed by atoms with Crippen LogP contribution < -0.4 is 5.32 Å². The molecule has 1 aromatic rings. The summed E-state index contributed by atoms with van der Waals surface area (Å²) in [4.78, 5) is 0. The van der Waals surface area contributed by atoms with Gasteiger partial charge in [0.15, 0.2) is 9.84 Å². The molecule has 0 bridgehead atoms. The first kappa shape index (κ1) is 13.6. The first-order chi connectivity index (χ1) is 8.58. The molecule has 3 nitrogen and oxygen atoms in total. The van der Waals surface area contributed by atoms with Crippen molar-refractivity contribution in [3.8, 4) is 0 Å². The number of hydrogen-bond donors (Lipinski definition) is 1. The fourth-order valence-corrected chi connectivity index (χ4v) is 5.02. The summed E-state index contributed by atoms with van der Waals surface area (Å²) in [5.41, 5.74) is 1.08. The van der Waals surface area contributed by atoms with Crippen LogP contribution in [0.25, 0.3) is 0 Å². The van der Waals surface area contributed by atoms with E-state index in [1.807, 2.05) is 44.2 Å². The van der Waals surface area contributed by atoms with Crippen LogP contribution in [0.4, 0.5) is 0 Å². The highest BCUT2D eigenvalue weighted by Gasteiger charge is 2.39. The number of nitrogens with one attached hydrogen (secondary N) is 1. The van der Waals surface area contributed by atoms with Gasteiger partial charge in [0, 0.05) is 12.1 Å². The van der Waals surface area contributed by atoms with Crippen LogP contribution in [0.2, 0.25) is 0 Å². The maximum atomic E-state index is 12.3. The molecule has 2 rings (SSSR count). The average Bonchev–Trinajstić information content (AvgIpc) is 2.37. The molecule has 3 atom stereocenters. The molecular formula is C14H21NO2S. The number of sulfone groups is 1. The van der Waals surface area contributed by atoms with E-state index >= 15 is 0 Å². The van der Waals surface area contributed by atoms with Crippen LogP contribution in [0.5, 0.6) is 0 Å². The Hall–Kier alpha value is -0.870. The Balaban J connectivity index is 2.36. The predicted molar refractivity (Wildman–Crippen MR) is 74.3 cm³/mol. The van der Waals surface area contributed by atoms with Crippen molar-refractivity contribution in [1.29, 1.82) is 0 Å². The van der Waals surface area contributed by atoms with Crippen molar-refractivity contribution >= 4 is 9.84 Å². The van der Waals surface area contributed by atoms with Crippen molar-refractivity contribution < 1.29 is 8.42 Å². The van der Waals surface area contributed by atoms with Crippen molar-refractivity contribution in [3.63, 3.8) is 0 Å². The van der Waals surface area contributed by atoms with Crippen LogP contribution in [-0.2, 0) is 9.84 Å². The molecule has 0 amide bonds. The Kier molecular flexibility index (Phi) is 4.07. The second-order valence-corrected chi connectivity index (χ2v) is 7.20. The molecule has 1 heterocycles. The standard InChI is InChI=1S/C14H21NO2S/c1-3-12-10-18(16,17)13(4-2)14(15-12)11-8-6-5-7-9-11/h5-9,12-15H,3-4,10H2,1-2H3. The van der Waals surface area contributed by atoms with E-state index in [1.165, 1.54) is 0 Å². The van der Waals surface area contributed by atoms with E-state index in [-0.39, 0.29) is 23.1 Å². The van der Waals surface area contributed by atoms with Crippen molar-refractivity contribution in [2.75, 3.05) is 5.75 Å². The summed E-state index contributed by atoms with van der Waals surface area (Å²) >= 11 is 0. The summed E-state index contributed by atoms with van der Waals surface area (Å²) in [6.07, 6.45) is 1.50. The quantitative estimate of drug-likeness (QED) is 0.914. The van der Waals surface area contributed by atoms with Crippen molar-refractivity contribution in [2.24, 2.45) is 0 Å². The zero-order valence-corrected chi connectivity index (χ0v) is 11.8. The van der Waals surface area contributed by atoms with Crippen LogP contribution in [0.1, 0.15) is 38.3 Å². The molecule has 3 unspecified atom stereocenters. The molecule has 1 fully saturated rings. The van der Waals surface area contributed by atoms with Gasteiger partial charge < -0.3 is 5.32 Å². The molecule has 100 valence electrons. The largest absolute Gasteiger partial charge is 0.305 e. The fourth-order valence-electron chi connectivity index (χ4n) is 2.72. The highest BCUT2D eigenvalue weighted by molar-refractivity contribution is 7.92. The first-order valence-electron chi connectivity index (χ1n) is 6.61. The summed E-state index contributed by atoms with van der Waals surface area (Å²) in [7, 11) is -2.99. The third kappa shape index (κ3) is 2.59. The van der Waals surface area contributed by atoms with Crippen molar-refractivity contribution in [3.05, 3.63) is 35.9 Å². The van der Waals surface area contributed by atoms with Gasteiger partial charge in [0.2, 0.25) is 0 Å². The lowest BCUT2D eigenvalue weighted by Crippen LogP contribution is -2.52. The third-order valence-electron chi connectivity index (χ3n) is 3.74. The monoisotopic (exact) mass is 267 g/mol. The topological polar surface area (TPSA) is 46.2 Å². The smallest absolute Gasteiger partial charge is 0.156 e. The normalized spacial score (nSPS) is 31.1. The predicted octanol–water partition coefficient (Wildman–Crippen LogP) is 2.30. The van der Waals surface area contributed by atoms with Crippen LogP contribution in [0.3, 0.4) is 0 Å². The number of hydrogen-bond acceptors (Lipinski definition) is 3. The van der Waals surface area contributed by atoms with Gasteiger partial charge in [-0.3, -0.25) is 0 Å². The zero-order valence-electron chi connectivity index (χ0n) is 11.0. The van der Waals surface area contributed by atoms with E-state index in [0.717, 1.165) is 12.0 Å². The Morgan fingerprint density at radius 2 is 1.83 bits per heavy atom.